The van der Waals surface area contributed by atoms with Gasteiger partial charge in [0.25, 0.3) is 0 Å². The SMILES string of the molecule is COC1CN(CCON=C2CN(c3ncc(-c4cccc(COC(=O)CC(=N)N)c4F)cn3)C2)C1. The van der Waals surface area contributed by atoms with Gasteiger partial charge in [0, 0.05) is 55.8 Å². The minimum absolute atomic E-state index is 0.208. The molecule has 0 bridgehead atoms. The van der Waals surface area contributed by atoms with Crippen LogP contribution in [0, 0.1) is 11.2 Å². The minimum Gasteiger partial charge on any atom is -0.460 e. The van der Waals surface area contributed by atoms with Crippen LogP contribution in [-0.4, -0.2) is 84.9 Å². The van der Waals surface area contributed by atoms with E-state index in [1.807, 2.05) is 4.90 Å². The Bertz CT molecular complexity index is 1080. The van der Waals surface area contributed by atoms with Gasteiger partial charge < -0.3 is 24.9 Å². The predicted molar refractivity (Wildman–Crippen MR) is 127 cm³/mol. The second-order valence-corrected chi connectivity index (χ2v) is 8.38. The molecule has 0 amide bonds. The van der Waals surface area contributed by atoms with Crippen molar-refractivity contribution >= 4 is 23.5 Å². The Hall–Kier alpha value is -3.64. The fraction of sp³-hybridized carbons (Fsp3) is 0.435. The molecule has 3 N–H and O–H groups in total. The standard InChI is InChI=1S/C23H28FN7O4/c1-33-18-12-30(13-18)5-6-35-29-17-10-31(11-17)23-27-8-16(9-28-23)19-4-2-3-15(22(19)24)14-34-21(32)7-20(25)26/h2-4,8-9,18H,5-7,10-14H2,1H3,(H3,25,26). The lowest BCUT2D eigenvalue weighted by molar-refractivity contribution is -0.143. The topological polar surface area (TPSA) is 139 Å². The van der Waals surface area contributed by atoms with E-state index in [0.29, 0.717) is 42.9 Å². The fourth-order valence-electron chi connectivity index (χ4n) is 3.66. The molecule has 11 nitrogen and oxygen atoms in total. The number of halogens is 1. The van der Waals surface area contributed by atoms with Crippen LogP contribution in [0.2, 0.25) is 0 Å². The maximum atomic E-state index is 15.0. The van der Waals surface area contributed by atoms with Crippen LogP contribution in [0.1, 0.15) is 12.0 Å². The van der Waals surface area contributed by atoms with Crippen LogP contribution >= 0.6 is 0 Å². The number of hydrogen-bond donors (Lipinski definition) is 2. The van der Waals surface area contributed by atoms with E-state index >= 15 is 0 Å². The van der Waals surface area contributed by atoms with Crippen LogP contribution in [0.3, 0.4) is 0 Å². The van der Waals surface area contributed by atoms with Crippen molar-refractivity contribution in [3.05, 3.63) is 42.0 Å². The Kier molecular flexibility index (Phi) is 7.83. The zero-order valence-electron chi connectivity index (χ0n) is 19.4. The summed E-state index contributed by atoms with van der Waals surface area (Å²) in [6.45, 7) is 4.11. The Morgan fingerprint density at radius 2 is 2.03 bits per heavy atom. The molecule has 0 unspecified atom stereocenters. The number of nitrogens with zero attached hydrogens (tertiary/aromatic N) is 5. The van der Waals surface area contributed by atoms with Gasteiger partial charge in [-0.15, -0.1) is 0 Å². The Morgan fingerprint density at radius 1 is 1.29 bits per heavy atom. The van der Waals surface area contributed by atoms with Crippen LogP contribution in [0.25, 0.3) is 11.1 Å². The number of rotatable bonds is 11. The summed E-state index contributed by atoms with van der Waals surface area (Å²) in [5.74, 6) is -0.994. The number of aromatic nitrogens is 2. The molecule has 186 valence electrons. The molecule has 1 aromatic heterocycles. The number of carbonyl (C=O) groups excluding carboxylic acids is 1. The highest BCUT2D eigenvalue weighted by molar-refractivity contribution is 5.98. The third-order valence-corrected chi connectivity index (χ3v) is 5.73. The second kappa shape index (κ2) is 11.2. The number of likely N-dealkylation sites (tertiary alicyclic amines) is 1. The van der Waals surface area contributed by atoms with E-state index in [9.17, 15) is 9.18 Å². The number of nitrogens with two attached hydrogens (primary N) is 1. The van der Waals surface area contributed by atoms with E-state index in [1.54, 1.807) is 31.6 Å². The zero-order chi connectivity index (χ0) is 24.8. The zero-order valence-corrected chi connectivity index (χ0v) is 19.4. The quantitative estimate of drug-likeness (QED) is 0.158. The lowest BCUT2D eigenvalue weighted by atomic mass is 10.1. The number of ether oxygens (including phenoxy) is 2. The number of amidine groups is 1. The minimum atomic E-state index is -0.686. The summed E-state index contributed by atoms with van der Waals surface area (Å²) in [6, 6.07) is 4.80. The van der Waals surface area contributed by atoms with Crippen molar-refractivity contribution in [1.29, 1.82) is 5.41 Å². The van der Waals surface area contributed by atoms with E-state index in [4.69, 9.17) is 25.5 Å². The molecular formula is C23H28FN7O4. The molecule has 0 aliphatic carbocycles. The van der Waals surface area contributed by atoms with Gasteiger partial charge in [0.15, 0.2) is 0 Å². The van der Waals surface area contributed by atoms with E-state index in [2.05, 4.69) is 20.0 Å². The normalized spacial score (nSPS) is 15.8. The maximum Gasteiger partial charge on any atom is 0.313 e. The number of nitrogens with one attached hydrogen (secondary N) is 1. The first-order valence-electron chi connectivity index (χ1n) is 11.2. The van der Waals surface area contributed by atoms with Crippen molar-refractivity contribution in [2.75, 3.05) is 51.3 Å². The van der Waals surface area contributed by atoms with Crippen molar-refractivity contribution < 1.29 is 23.5 Å². The third-order valence-electron chi connectivity index (χ3n) is 5.73. The van der Waals surface area contributed by atoms with Gasteiger partial charge in [0.2, 0.25) is 5.95 Å². The highest BCUT2D eigenvalue weighted by Crippen LogP contribution is 2.26. The summed E-state index contributed by atoms with van der Waals surface area (Å²) in [5.41, 5.74) is 7.10. The molecule has 2 aliphatic rings. The summed E-state index contributed by atoms with van der Waals surface area (Å²) in [5, 5.41) is 11.3. The number of benzene rings is 1. The van der Waals surface area contributed by atoms with Gasteiger partial charge in [0.05, 0.1) is 24.9 Å². The molecule has 4 rings (SSSR count). The monoisotopic (exact) mass is 485 g/mol. The van der Waals surface area contributed by atoms with Gasteiger partial charge in [-0.25, -0.2) is 14.4 Å². The Balaban J connectivity index is 1.26. The van der Waals surface area contributed by atoms with Crippen molar-refractivity contribution in [2.24, 2.45) is 10.9 Å². The van der Waals surface area contributed by atoms with Crippen molar-refractivity contribution in [3.63, 3.8) is 0 Å². The number of methoxy groups -OCH3 is 1. The average molecular weight is 486 g/mol. The highest BCUT2D eigenvalue weighted by atomic mass is 19.1. The van der Waals surface area contributed by atoms with E-state index in [1.165, 1.54) is 6.07 Å². The van der Waals surface area contributed by atoms with Crippen LogP contribution in [0.5, 0.6) is 0 Å². The van der Waals surface area contributed by atoms with Gasteiger partial charge >= 0.3 is 5.97 Å². The largest absolute Gasteiger partial charge is 0.460 e. The van der Waals surface area contributed by atoms with Gasteiger partial charge in [-0.1, -0.05) is 23.4 Å². The molecule has 0 radical (unpaired) electrons. The van der Waals surface area contributed by atoms with Crippen molar-refractivity contribution in [1.82, 2.24) is 14.9 Å². The molecule has 2 aliphatic heterocycles. The lowest BCUT2D eigenvalue weighted by Crippen LogP contribution is -2.52. The molecule has 35 heavy (non-hydrogen) atoms. The number of carbonyl (C=O) groups is 1. The van der Waals surface area contributed by atoms with E-state index < -0.39 is 11.8 Å². The summed E-state index contributed by atoms with van der Waals surface area (Å²) in [4.78, 5) is 29.9. The lowest BCUT2D eigenvalue weighted by Gasteiger charge is -2.37. The van der Waals surface area contributed by atoms with Gasteiger partial charge in [0.1, 0.15) is 31.3 Å². The molecule has 2 fully saturated rings. The number of anilines is 1. The third kappa shape index (κ3) is 6.28. The number of esters is 1. The Morgan fingerprint density at radius 3 is 2.71 bits per heavy atom. The number of oxime groups is 1. The van der Waals surface area contributed by atoms with Crippen LogP contribution in [-0.2, 0) is 25.7 Å². The Labute approximate surface area is 202 Å². The molecule has 12 heteroatoms. The van der Waals surface area contributed by atoms with Crippen molar-refractivity contribution in [2.45, 2.75) is 19.1 Å². The van der Waals surface area contributed by atoms with Crippen LogP contribution in [0.15, 0.2) is 35.7 Å². The van der Waals surface area contributed by atoms with Crippen LogP contribution in [0.4, 0.5) is 10.3 Å². The first-order chi connectivity index (χ1) is 16.9. The van der Waals surface area contributed by atoms with Gasteiger partial charge in [-0.05, 0) is 0 Å². The van der Waals surface area contributed by atoms with Crippen LogP contribution < -0.4 is 10.6 Å². The fourth-order valence-corrected chi connectivity index (χ4v) is 3.66. The molecule has 2 aromatic rings. The van der Waals surface area contributed by atoms with Gasteiger partial charge in [-0.2, -0.15) is 0 Å². The molecule has 1 aromatic carbocycles. The summed E-state index contributed by atoms with van der Waals surface area (Å²) in [7, 11) is 1.72. The molecule has 3 heterocycles. The molecule has 0 spiro atoms. The maximum absolute atomic E-state index is 15.0. The average Bonchev–Trinajstić information content (AvgIpc) is 2.78. The molecule has 2 saturated heterocycles. The molecular weight excluding hydrogens is 457 g/mol. The highest BCUT2D eigenvalue weighted by Gasteiger charge is 2.27. The first-order valence-corrected chi connectivity index (χ1v) is 11.2. The molecule has 0 saturated carbocycles. The van der Waals surface area contributed by atoms with E-state index in [0.717, 1.165) is 25.3 Å². The number of hydrogen-bond acceptors (Lipinski definition) is 10. The first kappa shape index (κ1) is 24.5. The second-order valence-electron chi connectivity index (χ2n) is 8.38. The van der Waals surface area contributed by atoms with E-state index in [-0.39, 0.29) is 24.4 Å². The smallest absolute Gasteiger partial charge is 0.313 e. The van der Waals surface area contributed by atoms with Crippen molar-refractivity contribution in [3.8, 4) is 11.1 Å². The summed E-state index contributed by atoms with van der Waals surface area (Å²) < 4.78 is 25.2. The summed E-state index contributed by atoms with van der Waals surface area (Å²) in [6.07, 6.45) is 3.10. The predicted octanol–water partition coefficient (Wildman–Crippen LogP) is 1.18. The molecule has 0 atom stereocenters. The van der Waals surface area contributed by atoms with Gasteiger partial charge in [-0.3, -0.25) is 15.1 Å². The summed E-state index contributed by atoms with van der Waals surface area (Å²) >= 11 is 0.